The van der Waals surface area contributed by atoms with E-state index >= 15 is 0 Å². The summed E-state index contributed by atoms with van der Waals surface area (Å²) in [5.41, 5.74) is 0. The molecule has 0 rings (SSSR count). The second-order valence-corrected chi connectivity index (χ2v) is 3.00. The summed E-state index contributed by atoms with van der Waals surface area (Å²) >= 11 is 1.49. The minimum Gasteiger partial charge on any atom is -0.396 e. The molecular weight excluding hydrogens is 174 g/mol. The number of aliphatic hydroxyl groups is 1. The lowest BCUT2D eigenvalue weighted by molar-refractivity contribution is -0.116. The molecule has 70 valence electrons. The van der Waals surface area contributed by atoms with Crippen LogP contribution in [0.15, 0.2) is 11.5 Å². The Hall–Kier alpha value is -0.480. The van der Waals surface area contributed by atoms with Crippen LogP contribution in [0.1, 0.15) is 12.8 Å². The van der Waals surface area contributed by atoms with Crippen molar-refractivity contribution in [2.75, 3.05) is 19.4 Å². The smallest absolute Gasteiger partial charge is 0.244 e. The normalized spacial score (nSPS) is 10.5. The number of amides is 1. The molecule has 1 amide bonds. The fourth-order valence-electron chi connectivity index (χ4n) is 0.637. The van der Waals surface area contributed by atoms with Crippen LogP contribution in [0.4, 0.5) is 0 Å². The van der Waals surface area contributed by atoms with Crippen molar-refractivity contribution in [3.63, 3.8) is 0 Å². The van der Waals surface area contributed by atoms with E-state index in [2.05, 4.69) is 5.32 Å². The number of unbranched alkanes of at least 4 members (excludes halogenated alkanes) is 1. The zero-order valence-electron chi connectivity index (χ0n) is 7.25. The Labute approximate surface area is 77.2 Å². The Morgan fingerprint density at radius 3 is 2.92 bits per heavy atom. The SMILES string of the molecule is CSC=CC(=O)NCCCCO. The molecule has 0 aliphatic carbocycles. The van der Waals surface area contributed by atoms with Gasteiger partial charge in [0.15, 0.2) is 0 Å². The average molecular weight is 189 g/mol. The molecule has 0 bridgehead atoms. The van der Waals surface area contributed by atoms with Gasteiger partial charge in [-0.25, -0.2) is 0 Å². The van der Waals surface area contributed by atoms with Gasteiger partial charge in [-0.1, -0.05) is 0 Å². The third-order valence-electron chi connectivity index (χ3n) is 1.24. The van der Waals surface area contributed by atoms with E-state index in [-0.39, 0.29) is 12.5 Å². The van der Waals surface area contributed by atoms with Crippen molar-refractivity contribution in [2.24, 2.45) is 0 Å². The highest BCUT2D eigenvalue weighted by atomic mass is 32.2. The molecule has 3 nitrogen and oxygen atoms in total. The van der Waals surface area contributed by atoms with E-state index in [0.717, 1.165) is 12.8 Å². The zero-order valence-corrected chi connectivity index (χ0v) is 8.06. The molecule has 0 aliphatic rings. The minimum atomic E-state index is -0.0673. The summed E-state index contributed by atoms with van der Waals surface area (Å²) in [6.45, 7) is 0.828. The monoisotopic (exact) mass is 189 g/mol. The van der Waals surface area contributed by atoms with Crippen molar-refractivity contribution < 1.29 is 9.90 Å². The summed E-state index contributed by atoms with van der Waals surface area (Å²) in [4.78, 5) is 10.9. The number of rotatable bonds is 6. The van der Waals surface area contributed by atoms with E-state index in [4.69, 9.17) is 5.11 Å². The lowest BCUT2D eigenvalue weighted by Crippen LogP contribution is -2.22. The summed E-state index contributed by atoms with van der Waals surface area (Å²) in [7, 11) is 0. The second-order valence-electron chi connectivity index (χ2n) is 2.26. The molecule has 0 saturated heterocycles. The average Bonchev–Trinajstić information content (AvgIpc) is 2.09. The van der Waals surface area contributed by atoms with Gasteiger partial charge in [-0.15, -0.1) is 11.8 Å². The summed E-state index contributed by atoms with van der Waals surface area (Å²) < 4.78 is 0. The van der Waals surface area contributed by atoms with E-state index in [0.29, 0.717) is 6.54 Å². The number of hydrogen-bond donors (Lipinski definition) is 2. The largest absolute Gasteiger partial charge is 0.396 e. The summed E-state index contributed by atoms with van der Waals surface area (Å²) in [5.74, 6) is -0.0673. The predicted octanol–water partition coefficient (Wildman–Crippen LogP) is 0.752. The fraction of sp³-hybridized carbons (Fsp3) is 0.625. The number of hydrogen-bond acceptors (Lipinski definition) is 3. The van der Waals surface area contributed by atoms with Gasteiger partial charge in [0.1, 0.15) is 0 Å². The standard InChI is InChI=1S/C8H15NO2S/c1-12-7-4-8(11)9-5-2-3-6-10/h4,7,10H,2-3,5-6H2,1H3,(H,9,11). The van der Waals surface area contributed by atoms with E-state index < -0.39 is 0 Å². The molecule has 0 atom stereocenters. The highest BCUT2D eigenvalue weighted by molar-refractivity contribution is 8.01. The van der Waals surface area contributed by atoms with Crippen LogP contribution in [0.3, 0.4) is 0 Å². The van der Waals surface area contributed by atoms with Crippen molar-refractivity contribution in [3.8, 4) is 0 Å². The Balaban J connectivity index is 3.25. The molecule has 0 aromatic heterocycles. The van der Waals surface area contributed by atoms with Crippen molar-refractivity contribution in [3.05, 3.63) is 11.5 Å². The van der Waals surface area contributed by atoms with E-state index in [9.17, 15) is 4.79 Å². The van der Waals surface area contributed by atoms with Gasteiger partial charge in [-0.2, -0.15) is 0 Å². The van der Waals surface area contributed by atoms with Crippen molar-refractivity contribution in [1.82, 2.24) is 5.32 Å². The quantitative estimate of drug-likeness (QED) is 0.479. The Morgan fingerprint density at radius 2 is 2.33 bits per heavy atom. The van der Waals surface area contributed by atoms with Crippen molar-refractivity contribution in [2.45, 2.75) is 12.8 Å². The van der Waals surface area contributed by atoms with Crippen LogP contribution in [0.5, 0.6) is 0 Å². The highest BCUT2D eigenvalue weighted by Gasteiger charge is 1.92. The van der Waals surface area contributed by atoms with Gasteiger partial charge in [0.2, 0.25) is 5.91 Å². The maximum Gasteiger partial charge on any atom is 0.244 e. The number of carbonyl (C=O) groups excluding carboxylic acids is 1. The van der Waals surface area contributed by atoms with Crippen LogP contribution < -0.4 is 5.32 Å². The van der Waals surface area contributed by atoms with Crippen LogP contribution in [-0.4, -0.2) is 30.4 Å². The highest BCUT2D eigenvalue weighted by Crippen LogP contribution is 1.92. The fourth-order valence-corrected chi connectivity index (χ4v) is 0.897. The second kappa shape index (κ2) is 8.62. The first-order chi connectivity index (χ1) is 5.81. The van der Waals surface area contributed by atoms with E-state index in [1.807, 2.05) is 6.26 Å². The third-order valence-corrected chi connectivity index (χ3v) is 1.65. The van der Waals surface area contributed by atoms with Gasteiger partial charge in [-0.3, -0.25) is 4.79 Å². The van der Waals surface area contributed by atoms with Crippen LogP contribution in [0, 0.1) is 0 Å². The number of aliphatic hydroxyl groups excluding tert-OH is 1. The first-order valence-corrected chi connectivity index (χ1v) is 5.18. The van der Waals surface area contributed by atoms with Crippen LogP contribution >= 0.6 is 11.8 Å². The number of thioether (sulfide) groups is 1. The lowest BCUT2D eigenvalue weighted by atomic mass is 10.3. The summed E-state index contributed by atoms with van der Waals surface area (Å²) in [6.07, 6.45) is 4.97. The van der Waals surface area contributed by atoms with Gasteiger partial charge < -0.3 is 10.4 Å². The Morgan fingerprint density at radius 1 is 1.58 bits per heavy atom. The predicted molar refractivity (Wildman–Crippen MR) is 52.0 cm³/mol. The van der Waals surface area contributed by atoms with Crippen LogP contribution in [-0.2, 0) is 4.79 Å². The molecule has 2 N–H and O–H groups in total. The number of carbonyl (C=O) groups is 1. The molecule has 4 heteroatoms. The van der Waals surface area contributed by atoms with Gasteiger partial charge in [0, 0.05) is 19.2 Å². The molecule has 0 aromatic rings. The molecular formula is C8H15NO2S. The third kappa shape index (κ3) is 7.63. The molecule has 0 aliphatic heterocycles. The van der Waals surface area contributed by atoms with Gasteiger partial charge in [0.05, 0.1) is 0 Å². The molecule has 0 radical (unpaired) electrons. The molecule has 0 heterocycles. The maximum absolute atomic E-state index is 10.9. The molecule has 0 saturated carbocycles. The van der Waals surface area contributed by atoms with Crippen molar-refractivity contribution >= 4 is 17.7 Å². The lowest BCUT2D eigenvalue weighted by Gasteiger charge is -1.99. The number of nitrogens with one attached hydrogen (secondary N) is 1. The molecule has 0 aromatic carbocycles. The van der Waals surface area contributed by atoms with Gasteiger partial charge >= 0.3 is 0 Å². The topological polar surface area (TPSA) is 49.3 Å². The van der Waals surface area contributed by atoms with E-state index in [1.54, 1.807) is 5.41 Å². The Bertz CT molecular complexity index is 148. The Kier molecular flexibility index (Phi) is 8.27. The zero-order chi connectivity index (χ0) is 9.23. The maximum atomic E-state index is 10.9. The van der Waals surface area contributed by atoms with Crippen LogP contribution in [0.2, 0.25) is 0 Å². The molecule has 0 fully saturated rings. The summed E-state index contributed by atoms with van der Waals surface area (Å²) in [6, 6.07) is 0. The minimum absolute atomic E-state index is 0.0673. The van der Waals surface area contributed by atoms with E-state index in [1.165, 1.54) is 17.8 Å². The summed E-state index contributed by atoms with van der Waals surface area (Å²) in [5, 5.41) is 12.9. The van der Waals surface area contributed by atoms with Crippen molar-refractivity contribution in [1.29, 1.82) is 0 Å². The first kappa shape index (κ1) is 11.5. The van der Waals surface area contributed by atoms with Gasteiger partial charge in [0.25, 0.3) is 0 Å². The molecule has 12 heavy (non-hydrogen) atoms. The van der Waals surface area contributed by atoms with Crippen LogP contribution in [0.25, 0.3) is 0 Å². The molecule has 0 unspecified atom stereocenters. The molecule has 0 spiro atoms. The first-order valence-electron chi connectivity index (χ1n) is 3.89. The van der Waals surface area contributed by atoms with Gasteiger partial charge in [-0.05, 0) is 24.5 Å².